The van der Waals surface area contributed by atoms with Gasteiger partial charge in [-0.05, 0) is 18.2 Å². The van der Waals surface area contributed by atoms with Crippen LogP contribution in [0.4, 0.5) is 4.79 Å². The molecule has 0 bridgehead atoms. The normalized spacial score (nSPS) is 32.9. The molecular formula is C13H25NO6S. The van der Waals surface area contributed by atoms with E-state index in [2.05, 4.69) is 12.2 Å². The number of hydrogen-bond donors (Lipinski definition) is 5. The number of ether oxygens (including phenoxy) is 1. The number of aliphatic hydroxyl groups excluding tert-OH is 4. The zero-order valence-electron chi connectivity index (χ0n) is 12.1. The van der Waals surface area contributed by atoms with Gasteiger partial charge < -0.3 is 30.5 Å². The van der Waals surface area contributed by atoms with Gasteiger partial charge in [0.2, 0.25) is 0 Å². The lowest BCUT2D eigenvalue weighted by atomic mass is 10.0. The smallest absolute Gasteiger partial charge is 0.281 e. The van der Waals surface area contributed by atoms with Gasteiger partial charge >= 0.3 is 0 Å². The summed E-state index contributed by atoms with van der Waals surface area (Å²) in [4.78, 5) is 11.7. The summed E-state index contributed by atoms with van der Waals surface area (Å²) >= 11 is 0.713. The Morgan fingerprint density at radius 3 is 2.48 bits per heavy atom. The van der Waals surface area contributed by atoms with Crippen LogP contribution in [0.3, 0.4) is 0 Å². The Kier molecular flexibility index (Phi) is 8.53. The summed E-state index contributed by atoms with van der Waals surface area (Å²) < 4.78 is 5.24. The number of amides is 1. The Balaban J connectivity index is 2.36. The van der Waals surface area contributed by atoms with Crippen molar-refractivity contribution in [3.05, 3.63) is 0 Å². The van der Waals surface area contributed by atoms with E-state index >= 15 is 0 Å². The quantitative estimate of drug-likeness (QED) is 0.412. The molecule has 0 spiro atoms. The fourth-order valence-corrected chi connectivity index (χ4v) is 2.95. The first-order valence-electron chi connectivity index (χ1n) is 7.26. The first-order valence-corrected chi connectivity index (χ1v) is 8.14. The number of carbonyl (C=O) groups excluding carboxylic acids is 1. The molecule has 0 aromatic carbocycles. The van der Waals surface area contributed by atoms with Crippen LogP contribution < -0.4 is 5.32 Å². The molecule has 0 aliphatic carbocycles. The standard InChI is InChI=1S/C13H25NO6S/c1-2-3-4-5-6-14-13(19)21-12-11(18)10(17)9(16)8(7-15)20-12/h8-12,15-18H,2-7H2,1H3,(H,14,19)/t8-,9+,10+,11-,12?/m1/s1. The predicted octanol–water partition coefficient (Wildman–Crippen LogP) is -0.191. The van der Waals surface area contributed by atoms with Crippen LogP contribution in [0.25, 0.3) is 0 Å². The van der Waals surface area contributed by atoms with Gasteiger partial charge in [-0.3, -0.25) is 4.79 Å². The number of aliphatic hydroxyl groups is 4. The monoisotopic (exact) mass is 323 g/mol. The molecule has 1 aliphatic heterocycles. The SMILES string of the molecule is CCCCCCNC(=O)SC1O[C@H](CO)[C@H](O)[C@H](O)[C@H]1O. The van der Waals surface area contributed by atoms with Gasteiger partial charge in [0.15, 0.2) is 0 Å². The highest BCUT2D eigenvalue weighted by molar-refractivity contribution is 8.14. The van der Waals surface area contributed by atoms with Crippen molar-refractivity contribution in [2.24, 2.45) is 0 Å². The van der Waals surface area contributed by atoms with Gasteiger partial charge in [-0.25, -0.2) is 0 Å². The molecule has 5 atom stereocenters. The largest absolute Gasteiger partial charge is 0.394 e. The molecule has 0 radical (unpaired) electrons. The maximum absolute atomic E-state index is 11.7. The summed E-state index contributed by atoms with van der Waals surface area (Å²) in [5, 5.41) is 40.4. The second-order valence-electron chi connectivity index (χ2n) is 5.09. The summed E-state index contributed by atoms with van der Waals surface area (Å²) in [6.45, 7) is 2.15. The van der Waals surface area contributed by atoms with Gasteiger partial charge in [0.1, 0.15) is 29.9 Å². The fourth-order valence-electron chi connectivity index (χ4n) is 2.05. The summed E-state index contributed by atoms with van der Waals surface area (Å²) in [6, 6.07) is 0. The highest BCUT2D eigenvalue weighted by Gasteiger charge is 2.44. The minimum atomic E-state index is -1.45. The van der Waals surface area contributed by atoms with Crippen molar-refractivity contribution in [1.29, 1.82) is 0 Å². The topological polar surface area (TPSA) is 119 Å². The van der Waals surface area contributed by atoms with Crippen LogP contribution in [0.2, 0.25) is 0 Å². The fraction of sp³-hybridized carbons (Fsp3) is 0.923. The van der Waals surface area contributed by atoms with Crippen molar-refractivity contribution in [2.45, 2.75) is 62.5 Å². The molecule has 5 N–H and O–H groups in total. The lowest BCUT2D eigenvalue weighted by Gasteiger charge is -2.39. The Morgan fingerprint density at radius 2 is 1.86 bits per heavy atom. The van der Waals surface area contributed by atoms with E-state index in [1.165, 1.54) is 0 Å². The Bertz CT molecular complexity index is 317. The van der Waals surface area contributed by atoms with E-state index in [9.17, 15) is 20.1 Å². The van der Waals surface area contributed by atoms with E-state index in [0.29, 0.717) is 18.3 Å². The van der Waals surface area contributed by atoms with Crippen molar-refractivity contribution in [3.63, 3.8) is 0 Å². The maximum atomic E-state index is 11.7. The molecule has 8 heteroatoms. The summed E-state index contributed by atoms with van der Waals surface area (Å²) in [5.41, 5.74) is -1.02. The van der Waals surface area contributed by atoms with Crippen molar-refractivity contribution >= 4 is 17.0 Å². The predicted molar refractivity (Wildman–Crippen MR) is 78.9 cm³/mol. The zero-order valence-corrected chi connectivity index (χ0v) is 13.0. The molecule has 124 valence electrons. The molecule has 0 saturated carbocycles. The number of rotatable bonds is 7. The number of hydrogen-bond acceptors (Lipinski definition) is 7. The van der Waals surface area contributed by atoms with Crippen LogP contribution in [0.15, 0.2) is 0 Å². The summed E-state index contributed by atoms with van der Waals surface area (Å²) in [6.07, 6.45) is -1.07. The van der Waals surface area contributed by atoms with Crippen molar-refractivity contribution in [3.8, 4) is 0 Å². The lowest BCUT2D eigenvalue weighted by molar-refractivity contribution is -0.205. The molecule has 1 fully saturated rings. The molecule has 1 aliphatic rings. The van der Waals surface area contributed by atoms with Crippen molar-refractivity contribution in [2.75, 3.05) is 13.2 Å². The van der Waals surface area contributed by atoms with Gasteiger partial charge in [-0.1, -0.05) is 26.2 Å². The Labute approximate surface area is 128 Å². The average molecular weight is 323 g/mol. The molecule has 1 amide bonds. The van der Waals surface area contributed by atoms with Crippen LogP contribution in [0.1, 0.15) is 32.6 Å². The first-order chi connectivity index (χ1) is 10.0. The number of carbonyl (C=O) groups is 1. The molecule has 0 aromatic heterocycles. The number of thioether (sulfide) groups is 1. The lowest BCUT2D eigenvalue weighted by Crippen LogP contribution is -2.57. The molecule has 21 heavy (non-hydrogen) atoms. The van der Waals surface area contributed by atoms with E-state index in [1.54, 1.807) is 0 Å². The summed E-state index contributed by atoms with van der Waals surface area (Å²) in [7, 11) is 0. The van der Waals surface area contributed by atoms with Crippen molar-refractivity contribution < 1.29 is 30.0 Å². The Morgan fingerprint density at radius 1 is 1.14 bits per heavy atom. The number of nitrogens with one attached hydrogen (secondary N) is 1. The molecule has 7 nitrogen and oxygen atoms in total. The summed E-state index contributed by atoms with van der Waals surface area (Å²) in [5.74, 6) is 0. The van der Waals surface area contributed by atoms with E-state index < -0.39 is 36.5 Å². The number of unbranched alkanes of at least 4 members (excludes halogenated alkanes) is 3. The van der Waals surface area contributed by atoms with E-state index in [0.717, 1.165) is 25.7 Å². The van der Waals surface area contributed by atoms with Crippen LogP contribution in [-0.2, 0) is 4.74 Å². The van der Waals surface area contributed by atoms with Gasteiger partial charge in [0, 0.05) is 6.54 Å². The van der Waals surface area contributed by atoms with Gasteiger partial charge in [0.05, 0.1) is 6.61 Å². The molecule has 1 heterocycles. The minimum Gasteiger partial charge on any atom is -0.394 e. The molecular weight excluding hydrogens is 298 g/mol. The van der Waals surface area contributed by atoms with Gasteiger partial charge in [0.25, 0.3) is 5.24 Å². The van der Waals surface area contributed by atoms with Crippen LogP contribution in [-0.4, -0.2) is 68.7 Å². The van der Waals surface area contributed by atoms with Gasteiger partial charge in [-0.2, -0.15) is 0 Å². The van der Waals surface area contributed by atoms with Crippen LogP contribution >= 0.6 is 11.8 Å². The minimum absolute atomic E-state index is 0.365. The maximum Gasteiger partial charge on any atom is 0.281 e. The highest BCUT2D eigenvalue weighted by Crippen LogP contribution is 2.28. The van der Waals surface area contributed by atoms with Crippen LogP contribution in [0.5, 0.6) is 0 Å². The second kappa shape index (κ2) is 9.60. The third-order valence-electron chi connectivity index (χ3n) is 3.37. The molecule has 1 rings (SSSR count). The molecule has 1 saturated heterocycles. The zero-order chi connectivity index (χ0) is 15.8. The van der Waals surface area contributed by atoms with E-state index in [1.807, 2.05) is 0 Å². The molecule has 0 aromatic rings. The van der Waals surface area contributed by atoms with Gasteiger partial charge in [-0.15, -0.1) is 0 Å². The first kappa shape index (κ1) is 18.7. The average Bonchev–Trinajstić information content (AvgIpc) is 2.47. The van der Waals surface area contributed by atoms with E-state index in [-0.39, 0.29) is 5.24 Å². The van der Waals surface area contributed by atoms with E-state index in [4.69, 9.17) is 9.84 Å². The second-order valence-corrected chi connectivity index (χ2v) is 6.16. The third-order valence-corrected chi connectivity index (χ3v) is 4.35. The highest BCUT2D eigenvalue weighted by atomic mass is 32.2. The van der Waals surface area contributed by atoms with Crippen molar-refractivity contribution in [1.82, 2.24) is 5.32 Å². The van der Waals surface area contributed by atoms with Crippen LogP contribution in [0, 0.1) is 0 Å². The molecule has 1 unspecified atom stereocenters. The Hall–Kier alpha value is -0.380. The third kappa shape index (κ3) is 5.72.